The molecule has 5 nitrogen and oxygen atoms in total. The average molecular weight is 389 g/mol. The van der Waals surface area contributed by atoms with Gasteiger partial charge in [-0.1, -0.05) is 32.0 Å². The highest BCUT2D eigenvalue weighted by Gasteiger charge is 2.17. The molecule has 0 radical (unpaired) electrons. The molecule has 0 aliphatic rings. The lowest BCUT2D eigenvalue weighted by atomic mass is 9.99. The smallest absolute Gasteiger partial charge is 0.261 e. The Morgan fingerprint density at radius 2 is 1.67 bits per heavy atom. The van der Waals surface area contributed by atoms with Crippen molar-refractivity contribution in [1.29, 1.82) is 0 Å². The van der Waals surface area contributed by atoms with E-state index >= 15 is 0 Å². The second kappa shape index (κ2) is 9.04. The third kappa shape index (κ3) is 5.10. The molecule has 0 saturated carbocycles. The number of carbonyl (C=O) groups excluding carboxylic acids is 1. The summed E-state index contributed by atoms with van der Waals surface area (Å²) in [5, 5.41) is 0. The average Bonchev–Trinajstić information content (AvgIpc) is 2.68. The predicted molar refractivity (Wildman–Crippen MR) is 110 cm³/mol. The van der Waals surface area contributed by atoms with Crippen molar-refractivity contribution in [3.8, 4) is 0 Å². The summed E-state index contributed by atoms with van der Waals surface area (Å²) >= 11 is 0. The van der Waals surface area contributed by atoms with Gasteiger partial charge < -0.3 is 4.90 Å². The van der Waals surface area contributed by atoms with E-state index in [9.17, 15) is 13.2 Å². The molecule has 146 valence electrons. The topological polar surface area (TPSA) is 66.5 Å². The van der Waals surface area contributed by atoms with Crippen molar-refractivity contribution in [2.24, 2.45) is 0 Å². The molecule has 1 unspecified atom stereocenters. The molecule has 6 heteroatoms. The summed E-state index contributed by atoms with van der Waals surface area (Å²) in [5.74, 6) is 0.274. The lowest BCUT2D eigenvalue weighted by Gasteiger charge is -2.19. The minimum Gasteiger partial charge on any atom is -0.339 e. The standard InChI is InChI=1S/C21H28N2O3S/c1-5-16(4)17-11-13-20(14-12-17)27(25,26)22-19-10-8-9-18(15-19)21(24)23(6-2)7-3/h8-16,22H,5-7H2,1-4H3. The van der Waals surface area contributed by atoms with Crippen molar-refractivity contribution >= 4 is 21.6 Å². The zero-order valence-corrected chi connectivity index (χ0v) is 17.2. The first-order chi connectivity index (χ1) is 12.8. The van der Waals surface area contributed by atoms with E-state index in [4.69, 9.17) is 0 Å². The van der Waals surface area contributed by atoms with Crippen LogP contribution in [0.3, 0.4) is 0 Å². The van der Waals surface area contributed by atoms with Crippen LogP contribution in [0.15, 0.2) is 53.4 Å². The van der Waals surface area contributed by atoms with Gasteiger partial charge in [0, 0.05) is 24.3 Å². The predicted octanol–water partition coefficient (Wildman–Crippen LogP) is 4.48. The Bertz CT molecular complexity index is 873. The van der Waals surface area contributed by atoms with Gasteiger partial charge in [0.05, 0.1) is 4.90 Å². The van der Waals surface area contributed by atoms with Crippen LogP contribution in [0.1, 0.15) is 56.0 Å². The zero-order valence-electron chi connectivity index (χ0n) is 16.4. The second-order valence-corrected chi connectivity index (χ2v) is 8.22. The summed E-state index contributed by atoms with van der Waals surface area (Å²) < 4.78 is 27.9. The number of rotatable bonds is 8. The fourth-order valence-electron chi connectivity index (χ4n) is 2.83. The zero-order chi connectivity index (χ0) is 20.0. The molecule has 0 spiro atoms. The summed E-state index contributed by atoms with van der Waals surface area (Å²) in [6.07, 6.45) is 0.998. The van der Waals surface area contributed by atoms with Crippen molar-refractivity contribution in [3.63, 3.8) is 0 Å². The van der Waals surface area contributed by atoms with E-state index in [2.05, 4.69) is 18.6 Å². The van der Waals surface area contributed by atoms with Crippen molar-refractivity contribution in [1.82, 2.24) is 4.90 Å². The SMILES string of the molecule is CCC(C)c1ccc(S(=O)(=O)Nc2cccc(C(=O)N(CC)CC)c2)cc1. The van der Waals surface area contributed by atoms with Gasteiger partial charge in [0.15, 0.2) is 0 Å². The highest BCUT2D eigenvalue weighted by Crippen LogP contribution is 2.22. The van der Waals surface area contributed by atoms with E-state index < -0.39 is 10.0 Å². The Balaban J connectivity index is 2.23. The number of benzene rings is 2. The lowest BCUT2D eigenvalue weighted by molar-refractivity contribution is 0.0773. The molecular weight excluding hydrogens is 360 g/mol. The fraction of sp³-hybridized carbons (Fsp3) is 0.381. The summed E-state index contributed by atoms with van der Waals surface area (Å²) in [7, 11) is -3.71. The van der Waals surface area contributed by atoms with E-state index in [0.717, 1.165) is 12.0 Å². The molecule has 0 bridgehead atoms. The summed E-state index contributed by atoms with van der Waals surface area (Å²) in [6, 6.07) is 13.5. The monoisotopic (exact) mass is 388 g/mol. The Labute approximate surface area is 162 Å². The van der Waals surface area contributed by atoms with Gasteiger partial charge in [0.2, 0.25) is 0 Å². The number of sulfonamides is 1. The minimum absolute atomic E-state index is 0.112. The third-order valence-electron chi connectivity index (χ3n) is 4.78. The first kappa shape index (κ1) is 21.0. The van der Waals surface area contributed by atoms with E-state index in [1.807, 2.05) is 26.0 Å². The maximum absolute atomic E-state index is 12.7. The van der Waals surface area contributed by atoms with Crippen LogP contribution >= 0.6 is 0 Å². The van der Waals surface area contributed by atoms with Gasteiger partial charge in [-0.2, -0.15) is 0 Å². The molecule has 1 N–H and O–H groups in total. The molecule has 0 saturated heterocycles. The Morgan fingerprint density at radius 3 is 2.22 bits per heavy atom. The van der Waals surface area contributed by atoms with Crippen molar-refractivity contribution in [2.75, 3.05) is 17.8 Å². The molecular formula is C21H28N2O3S. The van der Waals surface area contributed by atoms with Crippen LogP contribution in [0.4, 0.5) is 5.69 Å². The van der Waals surface area contributed by atoms with E-state index in [1.54, 1.807) is 41.3 Å². The normalized spacial score (nSPS) is 12.4. The van der Waals surface area contributed by atoms with Crippen LogP contribution in [0.5, 0.6) is 0 Å². The van der Waals surface area contributed by atoms with Crippen LogP contribution in [0.2, 0.25) is 0 Å². The Hall–Kier alpha value is -2.34. The summed E-state index contributed by atoms with van der Waals surface area (Å²) in [6.45, 7) is 9.25. The molecule has 2 aromatic carbocycles. The van der Waals surface area contributed by atoms with Crippen LogP contribution in [-0.4, -0.2) is 32.3 Å². The van der Waals surface area contributed by atoms with Crippen LogP contribution < -0.4 is 4.72 Å². The number of hydrogen-bond acceptors (Lipinski definition) is 3. The highest BCUT2D eigenvalue weighted by molar-refractivity contribution is 7.92. The number of nitrogens with zero attached hydrogens (tertiary/aromatic N) is 1. The van der Waals surface area contributed by atoms with Crippen molar-refractivity contribution in [3.05, 3.63) is 59.7 Å². The van der Waals surface area contributed by atoms with Crippen LogP contribution in [0, 0.1) is 0 Å². The quantitative estimate of drug-likeness (QED) is 0.725. The molecule has 2 rings (SSSR count). The number of carbonyl (C=O) groups is 1. The molecule has 27 heavy (non-hydrogen) atoms. The third-order valence-corrected chi connectivity index (χ3v) is 6.18. The van der Waals surface area contributed by atoms with E-state index in [0.29, 0.717) is 30.3 Å². The van der Waals surface area contributed by atoms with Gasteiger partial charge in [-0.15, -0.1) is 0 Å². The van der Waals surface area contributed by atoms with E-state index in [1.165, 1.54) is 0 Å². The number of anilines is 1. The molecule has 0 aliphatic carbocycles. The van der Waals surface area contributed by atoms with Gasteiger partial charge in [0.1, 0.15) is 0 Å². The van der Waals surface area contributed by atoms with Gasteiger partial charge in [0.25, 0.3) is 15.9 Å². The molecule has 1 atom stereocenters. The maximum Gasteiger partial charge on any atom is 0.261 e. The molecule has 0 aromatic heterocycles. The largest absolute Gasteiger partial charge is 0.339 e. The second-order valence-electron chi connectivity index (χ2n) is 6.54. The maximum atomic E-state index is 12.7. The number of amides is 1. The Morgan fingerprint density at radius 1 is 1.04 bits per heavy atom. The van der Waals surface area contributed by atoms with Crippen LogP contribution in [0.25, 0.3) is 0 Å². The lowest BCUT2D eigenvalue weighted by Crippen LogP contribution is -2.30. The van der Waals surface area contributed by atoms with Gasteiger partial charge in [-0.05, 0) is 62.1 Å². The number of hydrogen-bond donors (Lipinski definition) is 1. The summed E-state index contributed by atoms with van der Waals surface area (Å²) in [4.78, 5) is 14.4. The van der Waals surface area contributed by atoms with Crippen LogP contribution in [-0.2, 0) is 10.0 Å². The molecule has 2 aromatic rings. The molecule has 0 fully saturated rings. The van der Waals surface area contributed by atoms with Gasteiger partial charge in [-0.25, -0.2) is 8.42 Å². The van der Waals surface area contributed by atoms with E-state index in [-0.39, 0.29) is 10.8 Å². The van der Waals surface area contributed by atoms with Crippen molar-refractivity contribution in [2.45, 2.75) is 44.9 Å². The minimum atomic E-state index is -3.71. The highest BCUT2D eigenvalue weighted by atomic mass is 32.2. The van der Waals surface area contributed by atoms with Gasteiger partial charge >= 0.3 is 0 Å². The molecule has 0 aliphatic heterocycles. The first-order valence-corrected chi connectivity index (χ1v) is 10.8. The van der Waals surface area contributed by atoms with Gasteiger partial charge in [-0.3, -0.25) is 9.52 Å². The Kier molecular flexibility index (Phi) is 7.02. The fourth-order valence-corrected chi connectivity index (χ4v) is 3.88. The summed E-state index contributed by atoms with van der Waals surface area (Å²) in [5.41, 5.74) is 1.95. The molecule has 0 heterocycles. The number of nitrogens with one attached hydrogen (secondary N) is 1. The molecule has 1 amide bonds. The van der Waals surface area contributed by atoms with Crippen molar-refractivity contribution < 1.29 is 13.2 Å². The first-order valence-electron chi connectivity index (χ1n) is 9.34.